The summed E-state index contributed by atoms with van der Waals surface area (Å²) >= 11 is 0. The van der Waals surface area contributed by atoms with E-state index in [9.17, 15) is 9.59 Å². The van der Waals surface area contributed by atoms with Gasteiger partial charge in [-0.3, -0.25) is 4.79 Å². The lowest BCUT2D eigenvalue weighted by Crippen LogP contribution is -2.51. The number of carbonyl (C=O) groups excluding carboxylic acids is 1. The second-order valence-electron chi connectivity index (χ2n) is 5.85. The molecular weight excluding hydrogens is 250 g/mol. The first kappa shape index (κ1) is 15.8. The third-order valence-corrected chi connectivity index (χ3v) is 3.04. The lowest BCUT2D eigenvalue weighted by molar-refractivity contribution is -0.144. The van der Waals surface area contributed by atoms with Crippen molar-refractivity contribution < 1.29 is 24.2 Å². The van der Waals surface area contributed by atoms with Crippen molar-refractivity contribution in [3.8, 4) is 0 Å². The molecule has 0 saturated carbocycles. The molecule has 6 nitrogen and oxygen atoms in total. The number of rotatable bonds is 3. The topological polar surface area (TPSA) is 76.1 Å². The van der Waals surface area contributed by atoms with Gasteiger partial charge in [0.1, 0.15) is 5.60 Å². The Morgan fingerprint density at radius 3 is 2.42 bits per heavy atom. The molecule has 1 rings (SSSR count). The predicted octanol–water partition coefficient (Wildman–Crippen LogP) is 1.73. The molecule has 1 amide bonds. The third kappa shape index (κ3) is 4.70. The number of aliphatic carboxylic acids is 1. The fourth-order valence-electron chi connectivity index (χ4n) is 2.14. The number of amides is 1. The summed E-state index contributed by atoms with van der Waals surface area (Å²) in [7, 11) is 1.57. The molecule has 0 aromatic heterocycles. The number of piperidine rings is 1. The van der Waals surface area contributed by atoms with Crippen LogP contribution in [0.2, 0.25) is 0 Å². The molecule has 110 valence electrons. The maximum atomic E-state index is 12.1. The van der Waals surface area contributed by atoms with E-state index in [1.807, 2.05) is 0 Å². The molecule has 0 aromatic rings. The van der Waals surface area contributed by atoms with Gasteiger partial charge in [-0.15, -0.1) is 0 Å². The molecule has 0 spiro atoms. The van der Waals surface area contributed by atoms with Crippen molar-refractivity contribution in [3.63, 3.8) is 0 Å². The molecule has 1 aliphatic rings. The Bertz CT molecular complexity index is 336. The van der Waals surface area contributed by atoms with E-state index in [1.165, 1.54) is 4.90 Å². The normalized spacial score (nSPS) is 24.1. The molecule has 6 heteroatoms. The van der Waals surface area contributed by atoms with Gasteiger partial charge in [-0.25, -0.2) is 4.79 Å². The highest BCUT2D eigenvalue weighted by Gasteiger charge is 2.36. The van der Waals surface area contributed by atoms with Gasteiger partial charge in [-0.1, -0.05) is 0 Å². The summed E-state index contributed by atoms with van der Waals surface area (Å²) in [6.07, 6.45) is 0.702. The Morgan fingerprint density at radius 2 is 1.95 bits per heavy atom. The summed E-state index contributed by atoms with van der Waals surface area (Å²) < 4.78 is 10.4. The highest BCUT2D eigenvalue weighted by molar-refractivity contribution is 5.73. The molecule has 0 bridgehead atoms. The SMILES string of the molecule is COC[C@@H]1CC[C@H](C(=O)O)CN1C(=O)OC(C)(C)C. The molecule has 0 radical (unpaired) electrons. The van der Waals surface area contributed by atoms with Crippen LogP contribution in [-0.4, -0.2) is 54.0 Å². The van der Waals surface area contributed by atoms with Gasteiger partial charge in [0, 0.05) is 13.7 Å². The van der Waals surface area contributed by atoms with Gasteiger partial charge in [-0.05, 0) is 33.6 Å². The number of hydrogen-bond donors (Lipinski definition) is 1. The minimum absolute atomic E-state index is 0.115. The van der Waals surface area contributed by atoms with Crippen molar-refractivity contribution in [3.05, 3.63) is 0 Å². The van der Waals surface area contributed by atoms with Crippen LogP contribution in [0.25, 0.3) is 0 Å². The second-order valence-corrected chi connectivity index (χ2v) is 5.85. The van der Waals surface area contributed by atoms with Crippen LogP contribution in [0, 0.1) is 5.92 Å². The summed E-state index contributed by atoms with van der Waals surface area (Å²) in [5, 5.41) is 9.08. The Balaban J connectivity index is 2.76. The van der Waals surface area contributed by atoms with Crippen LogP contribution < -0.4 is 0 Å². The number of carboxylic acids is 1. The lowest BCUT2D eigenvalue weighted by atomic mass is 9.93. The van der Waals surface area contributed by atoms with E-state index in [0.29, 0.717) is 19.4 Å². The zero-order valence-electron chi connectivity index (χ0n) is 12.0. The summed E-state index contributed by atoms with van der Waals surface area (Å²) in [5.41, 5.74) is -0.592. The van der Waals surface area contributed by atoms with E-state index >= 15 is 0 Å². The minimum Gasteiger partial charge on any atom is -0.481 e. The molecule has 2 atom stereocenters. The second kappa shape index (κ2) is 6.23. The van der Waals surface area contributed by atoms with E-state index < -0.39 is 23.6 Å². The van der Waals surface area contributed by atoms with Crippen molar-refractivity contribution in [2.45, 2.75) is 45.3 Å². The largest absolute Gasteiger partial charge is 0.481 e. The first-order valence-corrected chi connectivity index (χ1v) is 6.46. The first-order valence-electron chi connectivity index (χ1n) is 6.46. The molecule has 1 fully saturated rings. The van der Waals surface area contributed by atoms with Crippen molar-refractivity contribution in [1.82, 2.24) is 4.90 Å². The summed E-state index contributed by atoms with van der Waals surface area (Å²) in [4.78, 5) is 24.7. The van der Waals surface area contributed by atoms with Gasteiger partial charge in [0.25, 0.3) is 0 Å². The quantitative estimate of drug-likeness (QED) is 0.847. The molecule has 0 aliphatic carbocycles. The highest BCUT2D eigenvalue weighted by atomic mass is 16.6. The smallest absolute Gasteiger partial charge is 0.410 e. The van der Waals surface area contributed by atoms with E-state index in [-0.39, 0.29) is 12.6 Å². The van der Waals surface area contributed by atoms with E-state index in [4.69, 9.17) is 14.6 Å². The van der Waals surface area contributed by atoms with Crippen LogP contribution in [0.5, 0.6) is 0 Å². The van der Waals surface area contributed by atoms with Crippen LogP contribution in [0.1, 0.15) is 33.6 Å². The number of likely N-dealkylation sites (tertiary alicyclic amines) is 1. The third-order valence-electron chi connectivity index (χ3n) is 3.04. The fraction of sp³-hybridized carbons (Fsp3) is 0.846. The van der Waals surface area contributed by atoms with Crippen molar-refractivity contribution >= 4 is 12.1 Å². The van der Waals surface area contributed by atoms with Gasteiger partial charge in [0.05, 0.1) is 18.6 Å². The number of carbonyl (C=O) groups is 2. The van der Waals surface area contributed by atoms with Crippen LogP contribution in [0.15, 0.2) is 0 Å². The van der Waals surface area contributed by atoms with Crippen LogP contribution in [0.3, 0.4) is 0 Å². The van der Waals surface area contributed by atoms with E-state index in [1.54, 1.807) is 27.9 Å². The number of methoxy groups -OCH3 is 1. The number of hydrogen-bond acceptors (Lipinski definition) is 4. The standard InChI is InChI=1S/C13H23NO5/c1-13(2,3)19-12(17)14-7-9(11(15)16)5-6-10(14)8-18-4/h9-10H,5-8H2,1-4H3,(H,15,16)/t9-,10-/m0/s1. The van der Waals surface area contributed by atoms with E-state index in [2.05, 4.69) is 0 Å². The molecule has 1 saturated heterocycles. The monoisotopic (exact) mass is 273 g/mol. The van der Waals surface area contributed by atoms with Gasteiger partial charge < -0.3 is 19.5 Å². The Labute approximate surface area is 113 Å². The van der Waals surface area contributed by atoms with Crippen LogP contribution >= 0.6 is 0 Å². The van der Waals surface area contributed by atoms with Gasteiger partial charge in [-0.2, -0.15) is 0 Å². The van der Waals surface area contributed by atoms with E-state index in [0.717, 1.165) is 0 Å². The van der Waals surface area contributed by atoms with Gasteiger partial charge in [0.15, 0.2) is 0 Å². The zero-order valence-corrected chi connectivity index (χ0v) is 12.0. The Hall–Kier alpha value is -1.30. The average Bonchev–Trinajstić information content (AvgIpc) is 2.27. The highest BCUT2D eigenvalue weighted by Crippen LogP contribution is 2.24. The molecule has 1 N–H and O–H groups in total. The summed E-state index contributed by atoms with van der Waals surface area (Å²) in [6, 6.07) is -0.115. The molecule has 1 heterocycles. The maximum Gasteiger partial charge on any atom is 0.410 e. The molecular formula is C13H23NO5. The Morgan fingerprint density at radius 1 is 1.32 bits per heavy atom. The minimum atomic E-state index is -0.871. The van der Waals surface area contributed by atoms with Gasteiger partial charge >= 0.3 is 12.1 Å². The Kier molecular flexibility index (Phi) is 5.17. The molecule has 19 heavy (non-hydrogen) atoms. The van der Waals surface area contributed by atoms with Crippen molar-refractivity contribution in [1.29, 1.82) is 0 Å². The van der Waals surface area contributed by atoms with Crippen molar-refractivity contribution in [2.75, 3.05) is 20.3 Å². The summed E-state index contributed by atoms with van der Waals surface area (Å²) in [5.74, 6) is -1.40. The fourth-order valence-corrected chi connectivity index (χ4v) is 2.14. The number of carboxylic acid groups (broad SMARTS) is 1. The lowest BCUT2D eigenvalue weighted by Gasteiger charge is -2.38. The number of ether oxygens (including phenoxy) is 2. The maximum absolute atomic E-state index is 12.1. The molecule has 0 unspecified atom stereocenters. The van der Waals surface area contributed by atoms with Gasteiger partial charge in [0.2, 0.25) is 0 Å². The molecule has 0 aromatic carbocycles. The zero-order chi connectivity index (χ0) is 14.6. The predicted molar refractivity (Wildman–Crippen MR) is 69.0 cm³/mol. The van der Waals surface area contributed by atoms with Crippen molar-refractivity contribution in [2.24, 2.45) is 5.92 Å². The molecule has 1 aliphatic heterocycles. The average molecular weight is 273 g/mol. The summed E-state index contributed by atoms with van der Waals surface area (Å²) in [6.45, 7) is 5.93. The van der Waals surface area contributed by atoms with Crippen LogP contribution in [0.4, 0.5) is 4.79 Å². The number of nitrogens with zero attached hydrogens (tertiary/aromatic N) is 1. The first-order chi connectivity index (χ1) is 8.74. The van der Waals surface area contributed by atoms with Crippen LogP contribution in [-0.2, 0) is 14.3 Å².